The van der Waals surface area contributed by atoms with Crippen molar-refractivity contribution in [2.24, 2.45) is 5.92 Å². The molecule has 1 aromatic heterocycles. The number of benzene rings is 1. The lowest BCUT2D eigenvalue weighted by Gasteiger charge is -2.38. The van der Waals surface area contributed by atoms with Crippen LogP contribution in [0.4, 0.5) is 5.69 Å². The number of nitrogens with zero attached hydrogens (tertiary/aromatic N) is 2. The van der Waals surface area contributed by atoms with Gasteiger partial charge >= 0.3 is 0 Å². The van der Waals surface area contributed by atoms with Gasteiger partial charge in [-0.2, -0.15) is 5.26 Å². The Hall–Kier alpha value is -2.05. The van der Waals surface area contributed by atoms with E-state index in [0.29, 0.717) is 17.5 Å². The first-order valence-electron chi connectivity index (χ1n) is 8.11. The molecule has 2 aliphatic rings. The number of fused-ring (bicyclic) bond motifs is 3. The maximum atomic E-state index is 9.03. The topological polar surface area (TPSA) is 48.7 Å². The Morgan fingerprint density at radius 2 is 2.09 bits per heavy atom. The monoisotopic (exact) mass is 323 g/mol. The molecule has 2 heterocycles. The number of aromatic nitrogens is 1. The normalized spacial score (nSPS) is 25.2. The Labute approximate surface area is 141 Å². The molecule has 0 spiro atoms. The molecule has 3 nitrogen and oxygen atoms in total. The maximum absolute atomic E-state index is 9.03. The van der Waals surface area contributed by atoms with E-state index in [-0.39, 0.29) is 6.04 Å². The number of aryl methyl sites for hydroxylation is 1. The first-order chi connectivity index (χ1) is 11.2. The van der Waals surface area contributed by atoms with Gasteiger partial charge in [-0.05, 0) is 67.0 Å². The van der Waals surface area contributed by atoms with Gasteiger partial charge in [0.1, 0.15) is 11.8 Å². The fourth-order valence-corrected chi connectivity index (χ4v) is 4.47. The molecule has 1 N–H and O–H groups in total. The average Bonchev–Trinajstić information content (AvgIpc) is 3.04. The first kappa shape index (κ1) is 14.5. The molecule has 1 aromatic carbocycles. The highest BCUT2D eigenvalue weighted by Crippen LogP contribution is 2.53. The molecule has 0 saturated heterocycles. The predicted molar refractivity (Wildman–Crippen MR) is 91.6 cm³/mol. The Morgan fingerprint density at radius 3 is 2.87 bits per heavy atom. The zero-order valence-corrected chi connectivity index (χ0v) is 13.8. The molecule has 1 fully saturated rings. The van der Waals surface area contributed by atoms with Crippen LogP contribution < -0.4 is 5.32 Å². The van der Waals surface area contributed by atoms with Gasteiger partial charge in [-0.25, -0.2) is 4.98 Å². The molecule has 4 rings (SSSR count). The van der Waals surface area contributed by atoms with Gasteiger partial charge in [0.25, 0.3) is 0 Å². The van der Waals surface area contributed by atoms with Gasteiger partial charge in [-0.1, -0.05) is 24.1 Å². The van der Waals surface area contributed by atoms with Crippen LogP contribution in [0.5, 0.6) is 0 Å². The molecule has 116 valence electrons. The third-order valence-corrected chi connectivity index (χ3v) is 5.53. The van der Waals surface area contributed by atoms with Crippen molar-refractivity contribution in [2.75, 3.05) is 5.32 Å². The van der Waals surface area contributed by atoms with E-state index in [1.807, 2.05) is 19.1 Å². The molecule has 2 aromatic rings. The molecule has 1 aliphatic heterocycles. The van der Waals surface area contributed by atoms with Gasteiger partial charge < -0.3 is 5.32 Å². The van der Waals surface area contributed by atoms with Gasteiger partial charge in [0.15, 0.2) is 0 Å². The lowest BCUT2D eigenvalue weighted by Crippen LogP contribution is -2.29. The highest BCUT2D eigenvalue weighted by atomic mass is 35.5. The molecule has 23 heavy (non-hydrogen) atoms. The summed E-state index contributed by atoms with van der Waals surface area (Å²) in [6.45, 7) is 2.00. The lowest BCUT2D eigenvalue weighted by molar-refractivity contribution is 0.404. The van der Waals surface area contributed by atoms with E-state index in [4.69, 9.17) is 16.9 Å². The van der Waals surface area contributed by atoms with Crippen molar-refractivity contribution in [2.45, 2.75) is 38.1 Å². The van der Waals surface area contributed by atoms with Crippen molar-refractivity contribution in [3.63, 3.8) is 0 Å². The fourth-order valence-electron chi connectivity index (χ4n) is 4.29. The zero-order valence-electron chi connectivity index (χ0n) is 13.0. The highest BCUT2D eigenvalue weighted by Gasteiger charge is 2.40. The molecular weight excluding hydrogens is 306 g/mol. The minimum Gasteiger partial charge on any atom is -0.378 e. The van der Waals surface area contributed by atoms with Crippen LogP contribution in [-0.2, 0) is 0 Å². The van der Waals surface area contributed by atoms with E-state index in [9.17, 15) is 0 Å². The van der Waals surface area contributed by atoms with Crippen molar-refractivity contribution in [3.8, 4) is 6.07 Å². The Kier molecular flexibility index (Phi) is 3.50. The van der Waals surface area contributed by atoms with Crippen molar-refractivity contribution in [1.82, 2.24) is 4.98 Å². The van der Waals surface area contributed by atoms with E-state index in [2.05, 4.69) is 34.6 Å². The predicted octanol–water partition coefficient (Wildman–Crippen LogP) is 4.97. The number of rotatable bonds is 1. The average molecular weight is 324 g/mol. The quantitative estimate of drug-likeness (QED) is 0.806. The number of hydrogen-bond acceptors (Lipinski definition) is 3. The Balaban J connectivity index is 1.79. The maximum Gasteiger partial charge on any atom is 0.140 e. The lowest BCUT2D eigenvalue weighted by atomic mass is 9.77. The molecule has 1 saturated carbocycles. The molecule has 0 radical (unpaired) electrons. The van der Waals surface area contributed by atoms with Crippen LogP contribution in [0.25, 0.3) is 0 Å². The van der Waals surface area contributed by atoms with Gasteiger partial charge in [0.05, 0.1) is 6.04 Å². The Morgan fingerprint density at radius 1 is 1.22 bits per heavy atom. The van der Waals surface area contributed by atoms with Gasteiger partial charge in [0, 0.05) is 16.4 Å². The van der Waals surface area contributed by atoms with E-state index in [0.717, 1.165) is 10.7 Å². The summed E-state index contributed by atoms with van der Waals surface area (Å²) in [6.07, 6.45) is 3.69. The van der Waals surface area contributed by atoms with Crippen molar-refractivity contribution < 1.29 is 0 Å². The summed E-state index contributed by atoms with van der Waals surface area (Å²) >= 11 is 6.21. The summed E-state index contributed by atoms with van der Waals surface area (Å²) in [4.78, 5) is 4.43. The second-order valence-electron chi connectivity index (χ2n) is 6.54. The summed E-state index contributed by atoms with van der Waals surface area (Å²) in [5.41, 5.74) is 5.19. The van der Waals surface area contributed by atoms with Crippen LogP contribution in [0, 0.1) is 24.2 Å². The van der Waals surface area contributed by atoms with Crippen molar-refractivity contribution >= 4 is 17.3 Å². The van der Waals surface area contributed by atoms with Crippen LogP contribution in [-0.4, -0.2) is 4.98 Å². The first-order valence-corrected chi connectivity index (χ1v) is 8.49. The minimum atomic E-state index is 0.261. The summed E-state index contributed by atoms with van der Waals surface area (Å²) in [5.74, 6) is 1.12. The number of halogens is 1. The molecule has 0 unspecified atom stereocenters. The largest absolute Gasteiger partial charge is 0.378 e. The summed E-state index contributed by atoms with van der Waals surface area (Å²) in [5, 5.41) is 13.5. The molecule has 3 atom stereocenters. The van der Waals surface area contributed by atoms with Crippen molar-refractivity contribution in [1.29, 1.82) is 5.26 Å². The summed E-state index contributed by atoms with van der Waals surface area (Å²) in [7, 11) is 0. The molecule has 0 bridgehead atoms. The second-order valence-corrected chi connectivity index (χ2v) is 6.97. The van der Waals surface area contributed by atoms with Crippen LogP contribution in [0.1, 0.15) is 53.7 Å². The van der Waals surface area contributed by atoms with Crippen molar-refractivity contribution in [3.05, 3.63) is 57.9 Å². The number of nitrogens with one attached hydrogen (secondary N) is 1. The summed E-state index contributed by atoms with van der Waals surface area (Å²) in [6, 6.07) is 12.4. The molecule has 0 amide bonds. The van der Waals surface area contributed by atoms with E-state index in [1.165, 1.54) is 36.1 Å². The van der Waals surface area contributed by atoms with Gasteiger partial charge in [-0.15, -0.1) is 0 Å². The number of anilines is 1. The van der Waals surface area contributed by atoms with Crippen LogP contribution in [0.2, 0.25) is 5.02 Å². The number of hydrogen-bond donors (Lipinski definition) is 1. The third-order valence-electron chi connectivity index (χ3n) is 5.30. The van der Waals surface area contributed by atoms with E-state index in [1.54, 1.807) is 0 Å². The standard InChI is InChI=1S/C19H18ClN3/c1-11-14(7-6-13(10-21)22-11)19-16-4-2-3-15(16)17-9-12(20)5-8-18(17)23-19/h5-9,15-16,19,23H,2-4H2,1H3/t15-,16+,19+/m1/s1. The second kappa shape index (κ2) is 5.54. The molecule has 4 heteroatoms. The smallest absolute Gasteiger partial charge is 0.140 e. The van der Waals surface area contributed by atoms with Crippen LogP contribution in [0.15, 0.2) is 30.3 Å². The summed E-state index contributed by atoms with van der Waals surface area (Å²) < 4.78 is 0. The fraction of sp³-hybridized carbons (Fsp3) is 0.368. The van der Waals surface area contributed by atoms with Gasteiger partial charge in [0.2, 0.25) is 0 Å². The number of pyridine rings is 1. The zero-order chi connectivity index (χ0) is 16.0. The molecule has 1 aliphatic carbocycles. The van der Waals surface area contributed by atoms with E-state index >= 15 is 0 Å². The minimum absolute atomic E-state index is 0.261. The van der Waals surface area contributed by atoms with E-state index < -0.39 is 0 Å². The van der Waals surface area contributed by atoms with Crippen LogP contribution >= 0.6 is 11.6 Å². The number of nitriles is 1. The van der Waals surface area contributed by atoms with Gasteiger partial charge in [-0.3, -0.25) is 0 Å². The SMILES string of the molecule is Cc1nc(C#N)ccc1[C@@H]1Nc2ccc(Cl)cc2[C@@H]2CCC[C@@H]21. The molecular formula is C19H18ClN3. The highest BCUT2D eigenvalue weighted by molar-refractivity contribution is 6.30. The Bertz CT molecular complexity index is 809. The van der Waals surface area contributed by atoms with Crippen LogP contribution in [0.3, 0.4) is 0 Å². The third kappa shape index (κ3) is 2.38.